The van der Waals surface area contributed by atoms with Gasteiger partial charge in [-0.25, -0.2) is 0 Å². The van der Waals surface area contributed by atoms with Crippen LogP contribution < -0.4 is 14.8 Å². The second-order valence-corrected chi connectivity index (χ2v) is 4.57. The number of amides is 1. The van der Waals surface area contributed by atoms with Gasteiger partial charge in [-0.15, -0.1) is 0 Å². The van der Waals surface area contributed by atoms with E-state index in [-0.39, 0.29) is 12.5 Å². The zero-order valence-corrected chi connectivity index (χ0v) is 12.4. The Labute approximate surface area is 123 Å². The van der Waals surface area contributed by atoms with Crippen LogP contribution >= 0.6 is 0 Å². The number of rotatable bonds is 6. The Morgan fingerprint density at radius 1 is 1.43 bits per heavy atom. The van der Waals surface area contributed by atoms with Crippen molar-refractivity contribution in [2.45, 2.75) is 20.4 Å². The van der Waals surface area contributed by atoms with Crippen LogP contribution in [0.25, 0.3) is 0 Å². The molecule has 0 fully saturated rings. The van der Waals surface area contributed by atoms with E-state index in [0.717, 1.165) is 12.1 Å². The summed E-state index contributed by atoms with van der Waals surface area (Å²) >= 11 is 0. The molecule has 0 spiro atoms. The fourth-order valence-electron chi connectivity index (χ4n) is 1.85. The van der Waals surface area contributed by atoms with Crippen molar-refractivity contribution < 1.29 is 14.3 Å². The normalized spacial score (nSPS) is 10.2. The van der Waals surface area contributed by atoms with E-state index in [9.17, 15) is 4.79 Å². The molecular formula is C15H19N3O3. The van der Waals surface area contributed by atoms with Crippen LogP contribution in [0, 0.1) is 6.92 Å². The van der Waals surface area contributed by atoms with Crippen LogP contribution in [-0.2, 0) is 11.3 Å². The van der Waals surface area contributed by atoms with Crippen LogP contribution in [-0.4, -0.2) is 29.4 Å². The van der Waals surface area contributed by atoms with Gasteiger partial charge in [-0.2, -0.15) is 5.10 Å². The fourth-order valence-corrected chi connectivity index (χ4v) is 1.85. The molecule has 6 heteroatoms. The summed E-state index contributed by atoms with van der Waals surface area (Å²) in [6, 6.07) is 5.59. The second kappa shape index (κ2) is 6.78. The van der Waals surface area contributed by atoms with Crippen molar-refractivity contribution >= 4 is 11.6 Å². The van der Waals surface area contributed by atoms with E-state index in [1.54, 1.807) is 24.2 Å². The summed E-state index contributed by atoms with van der Waals surface area (Å²) in [5.41, 5.74) is 1.67. The molecule has 2 aromatic rings. The van der Waals surface area contributed by atoms with E-state index in [2.05, 4.69) is 10.4 Å². The molecule has 1 aromatic heterocycles. The predicted molar refractivity (Wildman–Crippen MR) is 79.8 cm³/mol. The summed E-state index contributed by atoms with van der Waals surface area (Å²) in [5, 5.41) is 6.85. The van der Waals surface area contributed by atoms with Gasteiger partial charge in [-0.05, 0) is 31.5 Å². The SMILES string of the molecule is CCn1cc(OCC(=O)Nc2cc(C)ccc2OC)cn1. The third-order valence-corrected chi connectivity index (χ3v) is 2.93. The molecule has 1 amide bonds. The first-order chi connectivity index (χ1) is 10.1. The highest BCUT2D eigenvalue weighted by Crippen LogP contribution is 2.25. The number of nitrogens with zero attached hydrogens (tertiary/aromatic N) is 2. The summed E-state index contributed by atoms with van der Waals surface area (Å²) in [5.74, 6) is 0.944. The minimum atomic E-state index is -0.247. The number of aromatic nitrogens is 2. The monoisotopic (exact) mass is 289 g/mol. The van der Waals surface area contributed by atoms with Gasteiger partial charge in [-0.1, -0.05) is 6.07 Å². The number of benzene rings is 1. The second-order valence-electron chi connectivity index (χ2n) is 4.57. The molecule has 2 rings (SSSR count). The summed E-state index contributed by atoms with van der Waals surface area (Å²) in [6.07, 6.45) is 3.34. The number of hydrogen-bond donors (Lipinski definition) is 1. The lowest BCUT2D eigenvalue weighted by Crippen LogP contribution is -2.20. The number of aryl methyl sites for hydroxylation is 2. The van der Waals surface area contributed by atoms with Gasteiger partial charge in [0.2, 0.25) is 0 Å². The zero-order valence-electron chi connectivity index (χ0n) is 12.4. The van der Waals surface area contributed by atoms with Crippen LogP contribution in [0.3, 0.4) is 0 Å². The molecule has 1 N–H and O–H groups in total. The number of methoxy groups -OCH3 is 1. The van der Waals surface area contributed by atoms with Gasteiger partial charge in [-0.3, -0.25) is 9.48 Å². The quantitative estimate of drug-likeness (QED) is 0.885. The van der Waals surface area contributed by atoms with E-state index in [1.807, 2.05) is 32.0 Å². The molecule has 21 heavy (non-hydrogen) atoms. The van der Waals surface area contributed by atoms with Gasteiger partial charge >= 0.3 is 0 Å². The summed E-state index contributed by atoms with van der Waals surface area (Å²) in [4.78, 5) is 11.9. The van der Waals surface area contributed by atoms with Crippen molar-refractivity contribution in [3.8, 4) is 11.5 Å². The predicted octanol–water partition coefficient (Wildman–Crippen LogP) is 2.24. The number of ether oxygens (including phenoxy) is 2. The molecular weight excluding hydrogens is 270 g/mol. The number of anilines is 1. The molecule has 0 aliphatic rings. The van der Waals surface area contributed by atoms with E-state index in [0.29, 0.717) is 17.2 Å². The van der Waals surface area contributed by atoms with E-state index < -0.39 is 0 Å². The Balaban J connectivity index is 1.94. The van der Waals surface area contributed by atoms with Crippen molar-refractivity contribution in [1.82, 2.24) is 9.78 Å². The molecule has 0 unspecified atom stereocenters. The summed E-state index contributed by atoms with van der Waals surface area (Å²) in [7, 11) is 1.57. The highest BCUT2D eigenvalue weighted by atomic mass is 16.5. The molecule has 0 saturated carbocycles. The highest BCUT2D eigenvalue weighted by molar-refractivity contribution is 5.93. The third-order valence-electron chi connectivity index (χ3n) is 2.93. The molecule has 0 atom stereocenters. The summed E-state index contributed by atoms with van der Waals surface area (Å²) < 4.78 is 12.3. The maximum atomic E-state index is 11.9. The Morgan fingerprint density at radius 3 is 2.90 bits per heavy atom. The molecule has 0 aliphatic heterocycles. The van der Waals surface area contributed by atoms with Crippen molar-refractivity contribution in [2.75, 3.05) is 19.0 Å². The number of carbonyl (C=O) groups excluding carboxylic acids is 1. The lowest BCUT2D eigenvalue weighted by atomic mass is 10.2. The largest absolute Gasteiger partial charge is 0.495 e. The van der Waals surface area contributed by atoms with Crippen LogP contribution in [0.2, 0.25) is 0 Å². The number of nitrogens with one attached hydrogen (secondary N) is 1. The molecule has 112 valence electrons. The first-order valence-corrected chi connectivity index (χ1v) is 6.72. The lowest BCUT2D eigenvalue weighted by molar-refractivity contribution is -0.118. The molecule has 0 radical (unpaired) electrons. The van der Waals surface area contributed by atoms with Gasteiger partial charge in [0.15, 0.2) is 12.4 Å². The maximum Gasteiger partial charge on any atom is 0.262 e. The van der Waals surface area contributed by atoms with E-state index in [1.165, 1.54) is 0 Å². The van der Waals surface area contributed by atoms with Crippen molar-refractivity contribution in [3.05, 3.63) is 36.2 Å². The van der Waals surface area contributed by atoms with Gasteiger partial charge in [0.1, 0.15) is 5.75 Å². The van der Waals surface area contributed by atoms with Gasteiger partial charge < -0.3 is 14.8 Å². The minimum absolute atomic E-state index is 0.0769. The average Bonchev–Trinajstić information content (AvgIpc) is 2.93. The lowest BCUT2D eigenvalue weighted by Gasteiger charge is -2.11. The van der Waals surface area contributed by atoms with Crippen LogP contribution in [0.4, 0.5) is 5.69 Å². The van der Waals surface area contributed by atoms with Crippen LogP contribution in [0.1, 0.15) is 12.5 Å². The van der Waals surface area contributed by atoms with Crippen molar-refractivity contribution in [2.24, 2.45) is 0 Å². The highest BCUT2D eigenvalue weighted by Gasteiger charge is 2.09. The minimum Gasteiger partial charge on any atom is -0.495 e. The Morgan fingerprint density at radius 2 is 2.24 bits per heavy atom. The fraction of sp³-hybridized carbons (Fsp3) is 0.333. The number of hydrogen-bond acceptors (Lipinski definition) is 4. The van der Waals surface area contributed by atoms with Gasteiger partial charge in [0.05, 0.1) is 25.2 Å². The van der Waals surface area contributed by atoms with Crippen LogP contribution in [0.5, 0.6) is 11.5 Å². The smallest absolute Gasteiger partial charge is 0.262 e. The maximum absolute atomic E-state index is 11.9. The number of carbonyl (C=O) groups is 1. The molecule has 0 aliphatic carbocycles. The van der Waals surface area contributed by atoms with E-state index in [4.69, 9.17) is 9.47 Å². The summed E-state index contributed by atoms with van der Waals surface area (Å²) in [6.45, 7) is 4.61. The molecule has 0 saturated heterocycles. The third kappa shape index (κ3) is 3.98. The average molecular weight is 289 g/mol. The van der Waals surface area contributed by atoms with Crippen molar-refractivity contribution in [3.63, 3.8) is 0 Å². The first-order valence-electron chi connectivity index (χ1n) is 6.72. The van der Waals surface area contributed by atoms with E-state index >= 15 is 0 Å². The molecule has 6 nitrogen and oxygen atoms in total. The topological polar surface area (TPSA) is 65.4 Å². The van der Waals surface area contributed by atoms with Crippen molar-refractivity contribution in [1.29, 1.82) is 0 Å². The molecule has 1 aromatic carbocycles. The Hall–Kier alpha value is -2.50. The Bertz CT molecular complexity index is 622. The zero-order chi connectivity index (χ0) is 15.2. The molecule has 0 bridgehead atoms. The molecule has 1 heterocycles. The first kappa shape index (κ1) is 14.9. The van der Waals surface area contributed by atoms with Crippen LogP contribution in [0.15, 0.2) is 30.6 Å². The Kier molecular flexibility index (Phi) is 4.81. The standard InChI is InChI=1S/C15H19N3O3/c1-4-18-9-12(8-16-18)21-10-15(19)17-13-7-11(2)5-6-14(13)20-3/h5-9H,4,10H2,1-3H3,(H,17,19). The van der Waals surface area contributed by atoms with Gasteiger partial charge in [0.25, 0.3) is 5.91 Å². The van der Waals surface area contributed by atoms with Gasteiger partial charge in [0, 0.05) is 6.54 Å².